The number of nitrogens with zero attached hydrogens (tertiary/aromatic N) is 3. The van der Waals surface area contributed by atoms with E-state index in [2.05, 4.69) is 28.0 Å². The number of H-pyrrole nitrogens is 1. The zero-order valence-corrected chi connectivity index (χ0v) is 26.7. The number of aliphatic hydroxyl groups is 1. The Hall–Kier alpha value is -3.30. The molecule has 2 aromatic heterocycles. The first kappa shape index (κ1) is 31.6. The highest BCUT2D eigenvalue weighted by molar-refractivity contribution is 7.22. The number of aromatic nitrogens is 3. The van der Waals surface area contributed by atoms with Crippen LogP contribution in [0.3, 0.4) is 0 Å². The van der Waals surface area contributed by atoms with Gasteiger partial charge in [-0.1, -0.05) is 23.7 Å². The Morgan fingerprint density at radius 1 is 1.00 bits per heavy atom. The number of rotatable bonds is 4. The molecule has 1 aliphatic rings. The van der Waals surface area contributed by atoms with E-state index < -0.39 is 11.6 Å². The number of imidazole rings is 1. The van der Waals surface area contributed by atoms with Crippen LogP contribution in [0.4, 0.5) is 0 Å². The first-order chi connectivity index (χ1) is 19.8. The molecule has 0 unspecified atom stereocenters. The Balaban J connectivity index is 0.000000311. The molecular formula is C33H39ClN4O3S. The van der Waals surface area contributed by atoms with Gasteiger partial charge < -0.3 is 20.1 Å². The molecule has 222 valence electrons. The topological polar surface area (TPSA) is 102 Å². The van der Waals surface area contributed by atoms with E-state index in [0.717, 1.165) is 59.9 Å². The number of carboxylic acid groups (broad SMARTS) is 1. The molecule has 3 heterocycles. The SMILES string of the molecule is CC(C)(C)O.CN1CCCC1.Cc1nc2ccc(-c3nc4cc(C)c(CC(=O)O)c(-c5ccc(Cl)cc5)c4s3)cc2[nH]1. The van der Waals surface area contributed by atoms with E-state index in [1.54, 1.807) is 32.1 Å². The van der Waals surface area contributed by atoms with Crippen LogP contribution in [0.2, 0.25) is 5.02 Å². The molecule has 9 heteroatoms. The Morgan fingerprint density at radius 3 is 2.19 bits per heavy atom. The molecule has 1 aliphatic heterocycles. The molecule has 7 nitrogen and oxygen atoms in total. The van der Waals surface area contributed by atoms with Gasteiger partial charge in [0.2, 0.25) is 0 Å². The number of hydrogen-bond acceptors (Lipinski definition) is 6. The summed E-state index contributed by atoms with van der Waals surface area (Å²) in [5.74, 6) is 0.0119. The van der Waals surface area contributed by atoms with Gasteiger partial charge in [-0.25, -0.2) is 9.97 Å². The van der Waals surface area contributed by atoms with Crippen molar-refractivity contribution in [3.05, 3.63) is 70.5 Å². The van der Waals surface area contributed by atoms with Crippen LogP contribution in [-0.4, -0.2) is 61.8 Å². The number of fused-ring (bicyclic) bond motifs is 2. The summed E-state index contributed by atoms with van der Waals surface area (Å²) in [7, 11) is 2.17. The van der Waals surface area contributed by atoms with E-state index >= 15 is 0 Å². The van der Waals surface area contributed by atoms with Crippen LogP contribution in [0.15, 0.2) is 48.5 Å². The fourth-order valence-electron chi connectivity index (χ4n) is 4.81. The maximum Gasteiger partial charge on any atom is 0.307 e. The van der Waals surface area contributed by atoms with Gasteiger partial charge >= 0.3 is 5.97 Å². The molecule has 3 aromatic carbocycles. The molecule has 0 spiro atoms. The summed E-state index contributed by atoms with van der Waals surface area (Å²) in [4.78, 5) is 26.6. The monoisotopic (exact) mass is 606 g/mol. The van der Waals surface area contributed by atoms with Crippen LogP contribution in [-0.2, 0) is 11.2 Å². The second kappa shape index (κ2) is 13.3. The number of aromatic amines is 1. The lowest BCUT2D eigenvalue weighted by Crippen LogP contribution is -2.10. The highest BCUT2D eigenvalue weighted by Crippen LogP contribution is 2.41. The standard InChI is InChI=1S/C24H18ClN3O2S.C5H11N.C4H10O/c1-12-9-20-23(22(17(12)11-21(29)30)14-3-6-16(25)7-4-14)31-24(28-20)15-5-8-18-19(10-15)27-13(2)26-18;1-6-4-2-3-5-6;1-4(2,3)5/h3-10H,11H2,1-2H3,(H,26,27)(H,29,30);2-5H2,1H3;5H,1-3H3. The zero-order chi connectivity index (χ0) is 30.6. The van der Waals surface area contributed by atoms with Crippen molar-refractivity contribution in [3.63, 3.8) is 0 Å². The molecule has 0 bridgehead atoms. The first-order valence-electron chi connectivity index (χ1n) is 14.1. The zero-order valence-electron chi connectivity index (χ0n) is 25.1. The molecule has 0 saturated carbocycles. The minimum absolute atomic E-state index is 0.0493. The summed E-state index contributed by atoms with van der Waals surface area (Å²) >= 11 is 7.66. The summed E-state index contributed by atoms with van der Waals surface area (Å²) in [6, 6.07) is 15.6. The van der Waals surface area contributed by atoms with Crippen LogP contribution < -0.4 is 0 Å². The number of carboxylic acids is 1. The summed E-state index contributed by atoms with van der Waals surface area (Å²) < 4.78 is 0.972. The lowest BCUT2D eigenvalue weighted by Gasteiger charge is -2.13. The van der Waals surface area contributed by atoms with Crippen LogP contribution in [0.25, 0.3) is 42.9 Å². The van der Waals surface area contributed by atoms with Crippen LogP contribution in [0, 0.1) is 13.8 Å². The number of aliphatic carboxylic acids is 1. The van der Waals surface area contributed by atoms with E-state index in [1.807, 2.05) is 56.3 Å². The summed E-state index contributed by atoms with van der Waals surface area (Å²) in [6.45, 7) is 11.7. The second-order valence-corrected chi connectivity index (χ2v) is 13.2. The van der Waals surface area contributed by atoms with Crippen LogP contribution in [0.5, 0.6) is 0 Å². The fourth-order valence-corrected chi connectivity index (χ4v) is 6.07. The van der Waals surface area contributed by atoms with E-state index in [9.17, 15) is 9.90 Å². The Kier molecular flexibility index (Phi) is 10.0. The van der Waals surface area contributed by atoms with Gasteiger partial charge in [0.05, 0.1) is 33.3 Å². The lowest BCUT2D eigenvalue weighted by atomic mass is 9.93. The summed E-state index contributed by atoms with van der Waals surface area (Å²) in [5.41, 5.74) is 6.81. The first-order valence-corrected chi connectivity index (χ1v) is 15.3. The largest absolute Gasteiger partial charge is 0.481 e. The molecular weight excluding hydrogens is 568 g/mol. The summed E-state index contributed by atoms with van der Waals surface area (Å²) in [6.07, 6.45) is 2.78. The highest BCUT2D eigenvalue weighted by atomic mass is 35.5. The minimum Gasteiger partial charge on any atom is -0.481 e. The number of carbonyl (C=O) groups is 1. The maximum absolute atomic E-state index is 11.6. The van der Waals surface area contributed by atoms with Gasteiger partial charge in [-0.15, -0.1) is 11.3 Å². The highest BCUT2D eigenvalue weighted by Gasteiger charge is 2.19. The molecule has 5 aromatic rings. The normalized spacial score (nSPS) is 13.5. The van der Waals surface area contributed by atoms with E-state index in [-0.39, 0.29) is 6.42 Å². The van der Waals surface area contributed by atoms with Gasteiger partial charge in [0, 0.05) is 16.1 Å². The molecule has 1 fully saturated rings. The minimum atomic E-state index is -0.859. The van der Waals surface area contributed by atoms with Gasteiger partial charge in [-0.05, 0) is 121 Å². The molecule has 0 atom stereocenters. The van der Waals surface area contributed by atoms with Gasteiger partial charge in [-0.2, -0.15) is 0 Å². The van der Waals surface area contributed by atoms with Crippen molar-refractivity contribution in [1.29, 1.82) is 0 Å². The molecule has 1 saturated heterocycles. The van der Waals surface area contributed by atoms with Gasteiger partial charge in [0.1, 0.15) is 10.8 Å². The quantitative estimate of drug-likeness (QED) is 0.192. The van der Waals surface area contributed by atoms with Crippen molar-refractivity contribution in [3.8, 4) is 21.7 Å². The number of nitrogens with one attached hydrogen (secondary N) is 1. The lowest BCUT2D eigenvalue weighted by molar-refractivity contribution is -0.136. The predicted molar refractivity (Wildman–Crippen MR) is 175 cm³/mol. The molecule has 0 aliphatic carbocycles. The number of aryl methyl sites for hydroxylation is 2. The van der Waals surface area contributed by atoms with Crippen LogP contribution in [0.1, 0.15) is 50.6 Å². The van der Waals surface area contributed by atoms with Crippen molar-refractivity contribution in [2.45, 2.75) is 59.5 Å². The van der Waals surface area contributed by atoms with Crippen molar-refractivity contribution in [1.82, 2.24) is 19.9 Å². The molecule has 3 N–H and O–H groups in total. The third-order valence-electron chi connectivity index (χ3n) is 6.65. The predicted octanol–water partition coefficient (Wildman–Crippen LogP) is 7.89. The van der Waals surface area contributed by atoms with Crippen molar-refractivity contribution < 1.29 is 15.0 Å². The Morgan fingerprint density at radius 2 is 1.62 bits per heavy atom. The molecule has 6 rings (SSSR count). The Labute approximate surface area is 256 Å². The van der Waals surface area contributed by atoms with E-state index in [0.29, 0.717) is 5.02 Å². The summed E-state index contributed by atoms with van der Waals surface area (Å²) in [5, 5.41) is 19.6. The average molecular weight is 607 g/mol. The third kappa shape index (κ3) is 8.38. The van der Waals surface area contributed by atoms with E-state index in [1.165, 1.54) is 25.9 Å². The molecule has 0 radical (unpaired) electrons. The number of hydrogen-bond donors (Lipinski definition) is 3. The van der Waals surface area contributed by atoms with Gasteiger partial charge in [0.25, 0.3) is 0 Å². The third-order valence-corrected chi connectivity index (χ3v) is 8.04. The number of benzene rings is 3. The average Bonchev–Trinajstić information content (AvgIpc) is 3.63. The smallest absolute Gasteiger partial charge is 0.307 e. The maximum atomic E-state index is 11.6. The van der Waals surface area contributed by atoms with Crippen molar-refractivity contribution >= 4 is 50.2 Å². The molecule has 0 amide bonds. The number of likely N-dealkylation sites (tertiary alicyclic amines) is 1. The van der Waals surface area contributed by atoms with Gasteiger partial charge in [0.15, 0.2) is 0 Å². The molecule has 42 heavy (non-hydrogen) atoms. The number of thiazole rings is 1. The van der Waals surface area contributed by atoms with Gasteiger partial charge in [-0.3, -0.25) is 4.79 Å². The van der Waals surface area contributed by atoms with E-state index in [4.69, 9.17) is 21.7 Å². The Bertz CT molecular complexity index is 1670. The van der Waals surface area contributed by atoms with Crippen molar-refractivity contribution in [2.24, 2.45) is 0 Å². The van der Waals surface area contributed by atoms with Crippen molar-refractivity contribution in [2.75, 3.05) is 20.1 Å². The van der Waals surface area contributed by atoms with Crippen LogP contribution >= 0.6 is 22.9 Å². The second-order valence-electron chi connectivity index (χ2n) is 11.7. The number of halogens is 1. The fraction of sp³-hybridized carbons (Fsp3) is 0.364.